The number of benzene rings is 1. The molecule has 2 aromatic rings. The number of fused-ring (bicyclic) bond motifs is 4. The molecule has 3 aliphatic rings. The standard InChI is InChI=1S/C28H31NO4S/c1-15(2)11-12-33-20-9-7-17(8-10-20)21-13-18-5-4-6-19-14-22(30)23-16(3)26(28(31)32)34-27(23)29-25(19)24(18)21/h6-10,15,18,21,24H,4-5,11-14H2,1-3H3,(H,31,32). The van der Waals surface area contributed by atoms with Crippen LogP contribution in [-0.2, 0) is 0 Å². The summed E-state index contributed by atoms with van der Waals surface area (Å²) in [7, 11) is 0. The van der Waals surface area contributed by atoms with E-state index in [0.29, 0.717) is 40.3 Å². The van der Waals surface area contributed by atoms with Crippen molar-refractivity contribution in [2.45, 2.75) is 58.8 Å². The number of carboxylic acid groups (broad SMARTS) is 1. The highest BCUT2D eigenvalue weighted by Crippen LogP contribution is 2.54. The van der Waals surface area contributed by atoms with Crippen molar-refractivity contribution in [3.63, 3.8) is 0 Å². The third-order valence-electron chi connectivity index (χ3n) is 7.52. The molecule has 0 amide bonds. The Bertz CT molecular complexity index is 1190. The van der Waals surface area contributed by atoms with Crippen LogP contribution in [0.5, 0.6) is 5.75 Å². The van der Waals surface area contributed by atoms with Crippen molar-refractivity contribution in [1.29, 1.82) is 0 Å². The lowest BCUT2D eigenvalue weighted by Crippen LogP contribution is -2.40. The SMILES string of the molecule is Cc1c(C(=O)O)sc2c1C(=O)CC1=CCCC3CC(c4ccc(OCCC(C)C)cc4)C3C1=N2. The fourth-order valence-corrected chi connectivity index (χ4v) is 6.66. The second-order valence-corrected chi connectivity index (χ2v) is 11.2. The first-order valence-corrected chi connectivity index (χ1v) is 13.1. The van der Waals surface area contributed by atoms with Crippen LogP contribution in [0.1, 0.15) is 83.0 Å². The first kappa shape index (κ1) is 23.0. The molecule has 178 valence electrons. The smallest absolute Gasteiger partial charge is 0.346 e. The molecule has 3 unspecified atom stereocenters. The number of rotatable bonds is 6. The molecule has 6 heteroatoms. The predicted molar refractivity (Wildman–Crippen MR) is 135 cm³/mol. The lowest BCUT2D eigenvalue weighted by Gasteiger charge is -2.45. The van der Waals surface area contributed by atoms with Crippen molar-refractivity contribution < 1.29 is 19.4 Å². The fraction of sp³-hybridized carbons (Fsp3) is 0.464. The van der Waals surface area contributed by atoms with Crippen LogP contribution < -0.4 is 4.74 Å². The Balaban J connectivity index is 1.45. The number of aliphatic imine (C=N–C) groups is 1. The Kier molecular flexibility index (Phi) is 6.19. The highest BCUT2D eigenvalue weighted by Gasteiger charge is 2.47. The zero-order valence-corrected chi connectivity index (χ0v) is 20.8. The van der Waals surface area contributed by atoms with Crippen LogP contribution in [0.3, 0.4) is 0 Å². The molecule has 1 aliphatic heterocycles. The molecular formula is C28H31NO4S. The summed E-state index contributed by atoms with van der Waals surface area (Å²) in [5.74, 6) is 1.67. The predicted octanol–water partition coefficient (Wildman–Crippen LogP) is 6.98. The van der Waals surface area contributed by atoms with Crippen LogP contribution in [0, 0.1) is 24.7 Å². The molecule has 1 aromatic heterocycles. The monoisotopic (exact) mass is 477 g/mol. The lowest BCUT2D eigenvalue weighted by atomic mass is 9.59. The summed E-state index contributed by atoms with van der Waals surface area (Å²) in [4.78, 5) is 30.1. The molecule has 34 heavy (non-hydrogen) atoms. The Morgan fingerprint density at radius 1 is 1.26 bits per heavy atom. The number of hydrogen-bond acceptors (Lipinski definition) is 5. The molecule has 0 radical (unpaired) electrons. The Labute approximate surface area is 204 Å². The molecular weight excluding hydrogens is 446 g/mol. The molecule has 1 fully saturated rings. The van der Waals surface area contributed by atoms with Gasteiger partial charge in [-0.1, -0.05) is 32.1 Å². The van der Waals surface area contributed by atoms with Gasteiger partial charge in [-0.25, -0.2) is 9.79 Å². The van der Waals surface area contributed by atoms with Crippen LogP contribution in [0.15, 0.2) is 40.9 Å². The van der Waals surface area contributed by atoms with Crippen LogP contribution in [0.4, 0.5) is 5.00 Å². The van der Waals surface area contributed by atoms with Gasteiger partial charge in [-0.15, -0.1) is 11.3 Å². The van der Waals surface area contributed by atoms with Crippen molar-refractivity contribution in [2.75, 3.05) is 6.61 Å². The summed E-state index contributed by atoms with van der Waals surface area (Å²) in [5, 5.41) is 10.1. The number of nitrogens with zero attached hydrogens (tertiary/aromatic N) is 1. The fourth-order valence-electron chi connectivity index (χ4n) is 5.61. The Hall–Kier alpha value is -2.73. The number of allylic oxidation sites excluding steroid dienone is 2. The molecule has 1 saturated carbocycles. The maximum atomic E-state index is 13.1. The minimum absolute atomic E-state index is 0.0153. The first-order chi connectivity index (χ1) is 16.3. The van der Waals surface area contributed by atoms with Crippen molar-refractivity contribution in [2.24, 2.45) is 22.7 Å². The molecule has 5 rings (SSSR count). The lowest BCUT2D eigenvalue weighted by molar-refractivity contribution is 0.0701. The number of aromatic carboxylic acids is 1. The third kappa shape index (κ3) is 4.13. The van der Waals surface area contributed by atoms with E-state index in [9.17, 15) is 14.7 Å². The van der Waals surface area contributed by atoms with E-state index in [1.54, 1.807) is 6.92 Å². The Morgan fingerprint density at radius 2 is 2.03 bits per heavy atom. The number of carbonyl (C=O) groups is 2. The van der Waals surface area contributed by atoms with Crippen LogP contribution in [0.25, 0.3) is 0 Å². The van der Waals surface area contributed by atoms with Gasteiger partial charge in [-0.05, 0) is 79.2 Å². The van der Waals surface area contributed by atoms with E-state index < -0.39 is 5.97 Å². The van der Waals surface area contributed by atoms with Crippen molar-refractivity contribution in [3.05, 3.63) is 57.5 Å². The van der Waals surface area contributed by atoms with E-state index in [0.717, 1.165) is 60.7 Å². The van der Waals surface area contributed by atoms with Crippen LogP contribution >= 0.6 is 11.3 Å². The highest BCUT2D eigenvalue weighted by molar-refractivity contribution is 7.18. The number of ketones is 1. The zero-order valence-electron chi connectivity index (χ0n) is 20.0. The summed E-state index contributed by atoms with van der Waals surface area (Å²) >= 11 is 1.13. The number of carbonyl (C=O) groups excluding carboxylic acids is 1. The molecule has 2 aliphatic carbocycles. The summed E-state index contributed by atoms with van der Waals surface area (Å²) in [6.07, 6.45) is 6.72. The Morgan fingerprint density at radius 3 is 2.74 bits per heavy atom. The van der Waals surface area contributed by atoms with Gasteiger partial charge < -0.3 is 9.84 Å². The molecule has 5 nitrogen and oxygen atoms in total. The minimum Gasteiger partial charge on any atom is -0.494 e. The van der Waals surface area contributed by atoms with E-state index in [1.807, 2.05) is 0 Å². The number of ether oxygens (including phenoxy) is 1. The van der Waals surface area contributed by atoms with Gasteiger partial charge in [0, 0.05) is 18.1 Å². The zero-order chi connectivity index (χ0) is 24.0. The molecule has 0 bridgehead atoms. The van der Waals surface area contributed by atoms with E-state index >= 15 is 0 Å². The van der Waals surface area contributed by atoms with E-state index in [2.05, 4.69) is 44.2 Å². The number of Topliss-reactive ketones (excluding diaryl/α,β-unsaturated/α-hetero) is 1. The average Bonchev–Trinajstić information content (AvgIpc) is 2.96. The van der Waals surface area contributed by atoms with Crippen LogP contribution in [-0.4, -0.2) is 29.2 Å². The molecule has 3 atom stereocenters. The van der Waals surface area contributed by atoms with Gasteiger partial charge in [-0.3, -0.25) is 4.79 Å². The van der Waals surface area contributed by atoms with Gasteiger partial charge in [0.1, 0.15) is 15.6 Å². The summed E-state index contributed by atoms with van der Waals surface area (Å²) in [6.45, 7) is 6.85. The van der Waals surface area contributed by atoms with Gasteiger partial charge in [0.2, 0.25) is 0 Å². The molecule has 1 N–H and O–H groups in total. The molecule has 0 spiro atoms. The summed E-state index contributed by atoms with van der Waals surface area (Å²) in [5.41, 5.74) is 4.37. The first-order valence-electron chi connectivity index (χ1n) is 12.2. The number of hydrogen-bond donors (Lipinski definition) is 1. The molecule has 2 heterocycles. The van der Waals surface area contributed by atoms with Gasteiger partial charge in [-0.2, -0.15) is 0 Å². The van der Waals surface area contributed by atoms with E-state index in [4.69, 9.17) is 9.73 Å². The normalized spacial score (nSPS) is 23.5. The minimum atomic E-state index is -0.990. The number of carboxylic acids is 1. The largest absolute Gasteiger partial charge is 0.494 e. The average molecular weight is 478 g/mol. The molecule has 1 aromatic carbocycles. The van der Waals surface area contributed by atoms with Crippen molar-refractivity contribution in [1.82, 2.24) is 0 Å². The highest BCUT2D eigenvalue weighted by atomic mass is 32.1. The second-order valence-electron chi connectivity index (χ2n) is 10.2. The van der Waals surface area contributed by atoms with Crippen LogP contribution in [0.2, 0.25) is 0 Å². The maximum Gasteiger partial charge on any atom is 0.346 e. The quantitative estimate of drug-likeness (QED) is 0.487. The van der Waals surface area contributed by atoms with Gasteiger partial charge in [0.05, 0.1) is 12.2 Å². The van der Waals surface area contributed by atoms with Gasteiger partial charge in [0.25, 0.3) is 0 Å². The second kappa shape index (κ2) is 9.14. The van der Waals surface area contributed by atoms with Gasteiger partial charge in [0.15, 0.2) is 5.78 Å². The molecule has 0 saturated heterocycles. The topological polar surface area (TPSA) is 76.0 Å². The van der Waals surface area contributed by atoms with E-state index in [1.165, 1.54) is 5.56 Å². The maximum absolute atomic E-state index is 13.1. The van der Waals surface area contributed by atoms with E-state index in [-0.39, 0.29) is 16.6 Å². The summed E-state index contributed by atoms with van der Waals surface area (Å²) < 4.78 is 5.90. The number of thiophene rings is 1. The summed E-state index contributed by atoms with van der Waals surface area (Å²) in [6, 6.07) is 8.47. The third-order valence-corrected chi connectivity index (χ3v) is 8.69. The van der Waals surface area contributed by atoms with Gasteiger partial charge >= 0.3 is 5.97 Å². The van der Waals surface area contributed by atoms with Crippen molar-refractivity contribution in [3.8, 4) is 5.75 Å². The van der Waals surface area contributed by atoms with Crippen molar-refractivity contribution >= 4 is 33.8 Å².